The summed E-state index contributed by atoms with van der Waals surface area (Å²) in [5.41, 5.74) is 3.54. The molecule has 12 heteroatoms. The van der Waals surface area contributed by atoms with Gasteiger partial charge in [0.1, 0.15) is 18.5 Å². The average Bonchev–Trinajstić information content (AvgIpc) is 3.19. The zero-order chi connectivity index (χ0) is 27.1. The molecule has 4 N–H and O–H groups in total. The summed E-state index contributed by atoms with van der Waals surface area (Å²) in [6.45, 7) is 7.42. The van der Waals surface area contributed by atoms with Gasteiger partial charge in [0.25, 0.3) is 0 Å². The molecule has 2 atom stereocenters. The van der Waals surface area contributed by atoms with E-state index < -0.39 is 12.2 Å². The average molecular weight is 529 g/mol. The normalized spacial score (nSPS) is 12.9. The van der Waals surface area contributed by atoms with Crippen LogP contribution < -0.4 is 25.0 Å². The van der Waals surface area contributed by atoms with Crippen LogP contribution in [0.1, 0.15) is 26.3 Å². The second kappa shape index (κ2) is 12.6. The van der Waals surface area contributed by atoms with Crippen molar-refractivity contribution in [1.29, 1.82) is 0 Å². The number of aliphatic hydroxyl groups excluding tert-OH is 2. The number of methoxy groups -OCH3 is 1. The molecule has 0 bridgehead atoms. The molecule has 1 heterocycles. The number of rotatable bonds is 11. The van der Waals surface area contributed by atoms with E-state index >= 15 is 0 Å². The quantitative estimate of drug-likeness (QED) is 0.218. The first kappa shape index (κ1) is 28.0. The van der Waals surface area contributed by atoms with E-state index in [1.807, 2.05) is 31.2 Å². The van der Waals surface area contributed by atoms with E-state index in [1.54, 1.807) is 49.7 Å². The molecule has 3 rings (SSSR count). The largest absolute Gasteiger partial charge is 0.494 e. The van der Waals surface area contributed by atoms with Crippen LogP contribution in [0.25, 0.3) is 0 Å². The minimum Gasteiger partial charge on any atom is -0.494 e. The molecule has 3 aromatic rings. The van der Waals surface area contributed by atoms with E-state index in [-0.39, 0.29) is 5.91 Å². The van der Waals surface area contributed by atoms with Gasteiger partial charge in [-0.25, -0.2) is 0 Å². The predicted molar refractivity (Wildman–Crippen MR) is 145 cm³/mol. The minimum atomic E-state index is -0.599. The first-order valence-electron chi connectivity index (χ1n) is 11.8. The number of aliphatic hydroxyl groups is 2. The number of benzene rings is 2. The zero-order valence-electron chi connectivity index (χ0n) is 21.9. The Hall–Kier alpha value is -3.61. The Kier molecular flexibility index (Phi) is 9.50. The van der Waals surface area contributed by atoms with Crippen LogP contribution in [0, 0.1) is 6.92 Å². The van der Waals surface area contributed by atoms with Crippen LogP contribution in [-0.2, 0) is 11.8 Å². The number of nitrogens with one attached hydrogen (secondary N) is 2. The maximum absolute atomic E-state index is 11.9. The molecule has 0 aliphatic carbocycles. The van der Waals surface area contributed by atoms with Crippen LogP contribution in [0.3, 0.4) is 0 Å². The number of amides is 1. The Morgan fingerprint density at radius 2 is 1.78 bits per heavy atom. The summed E-state index contributed by atoms with van der Waals surface area (Å²) in [6.07, 6.45) is -1.20. The number of azo groups is 1. The van der Waals surface area contributed by atoms with Crippen molar-refractivity contribution in [3.05, 3.63) is 42.0 Å². The molecule has 0 fully saturated rings. The van der Waals surface area contributed by atoms with Gasteiger partial charge in [0, 0.05) is 31.8 Å². The van der Waals surface area contributed by atoms with Crippen molar-refractivity contribution < 1.29 is 24.4 Å². The van der Waals surface area contributed by atoms with Crippen LogP contribution in [0.15, 0.2) is 46.6 Å². The van der Waals surface area contributed by atoms with E-state index in [9.17, 15) is 15.0 Å². The highest BCUT2D eigenvalue weighted by Crippen LogP contribution is 2.39. The summed E-state index contributed by atoms with van der Waals surface area (Å²) in [5, 5.41) is 40.2. The van der Waals surface area contributed by atoms with Gasteiger partial charge in [0.2, 0.25) is 11.0 Å². The number of hydrogen-bond donors (Lipinski definition) is 4. The predicted octanol–water partition coefficient (Wildman–Crippen LogP) is 3.97. The Morgan fingerprint density at radius 3 is 2.35 bits per heavy atom. The number of anilines is 4. The van der Waals surface area contributed by atoms with E-state index in [0.717, 1.165) is 11.3 Å². The molecular formula is C25H34N7O4S+. The molecule has 2 unspecified atom stereocenters. The molecule has 0 spiro atoms. The lowest BCUT2D eigenvalue weighted by atomic mass is 10.2. The van der Waals surface area contributed by atoms with Gasteiger partial charge < -0.3 is 30.5 Å². The highest BCUT2D eigenvalue weighted by atomic mass is 32.1. The summed E-state index contributed by atoms with van der Waals surface area (Å²) in [5.74, 6) is 0.276. The molecular weight excluding hydrogens is 494 g/mol. The lowest BCUT2D eigenvalue weighted by Gasteiger charge is -2.23. The summed E-state index contributed by atoms with van der Waals surface area (Å²) < 4.78 is 7.15. The van der Waals surface area contributed by atoms with Crippen LogP contribution in [0.5, 0.6) is 5.75 Å². The van der Waals surface area contributed by atoms with Crippen molar-refractivity contribution in [2.45, 2.75) is 39.9 Å². The molecule has 198 valence electrons. The number of ether oxygens (including phenoxy) is 1. The van der Waals surface area contributed by atoms with Crippen LogP contribution in [0.4, 0.5) is 33.0 Å². The fourth-order valence-corrected chi connectivity index (χ4v) is 4.38. The first-order valence-corrected chi connectivity index (χ1v) is 12.6. The second-order valence-electron chi connectivity index (χ2n) is 8.84. The van der Waals surface area contributed by atoms with E-state index in [0.29, 0.717) is 46.2 Å². The Morgan fingerprint density at radius 1 is 1.14 bits per heavy atom. The third-order valence-electron chi connectivity index (χ3n) is 5.14. The second-order valence-corrected chi connectivity index (χ2v) is 9.77. The smallest absolute Gasteiger partial charge is 0.431 e. The topological polar surface area (TPSA) is 136 Å². The van der Waals surface area contributed by atoms with Crippen LogP contribution in [0.2, 0.25) is 0 Å². The molecule has 1 amide bonds. The monoisotopic (exact) mass is 528 g/mol. The van der Waals surface area contributed by atoms with Gasteiger partial charge in [0.05, 0.1) is 35.8 Å². The number of aryl methyl sites for hydroxylation is 2. The van der Waals surface area contributed by atoms with Gasteiger partial charge in [-0.1, -0.05) is 22.8 Å². The van der Waals surface area contributed by atoms with Crippen LogP contribution >= 0.6 is 11.3 Å². The molecule has 37 heavy (non-hydrogen) atoms. The lowest BCUT2D eigenvalue weighted by molar-refractivity contribution is -0.712. The van der Waals surface area contributed by atoms with E-state index in [4.69, 9.17) is 4.74 Å². The molecule has 11 nitrogen and oxygen atoms in total. The third kappa shape index (κ3) is 7.94. The number of carbonyl (C=O) groups excluding carboxylic acids is 1. The SMILES string of the molecule is COc1cc(N=Nc2sc(N(CC(C)O)CC(C)O)n[n+]2C)c(NC(C)=O)cc1Nc1ccc(C)cc1. The number of nitrogens with zero attached hydrogens (tertiary/aromatic N) is 5. The summed E-state index contributed by atoms with van der Waals surface area (Å²) >= 11 is 1.27. The Labute approximate surface area is 220 Å². The van der Waals surface area contributed by atoms with Crippen molar-refractivity contribution in [2.75, 3.05) is 35.7 Å². The molecule has 0 aliphatic rings. The summed E-state index contributed by atoms with van der Waals surface area (Å²) in [7, 11) is 3.30. The maximum atomic E-state index is 11.9. The standard InChI is InChI=1S/C25H33N7O4S/c1-15-7-9-19(10-8-15)27-22-11-20(26-18(4)35)21(12-23(22)36-6)28-29-24-31(5)30-25(37-24)32(13-16(2)33)14-17(3)34/h7-12,16-17,33-34H,13-14H2,1-6H3,(H,26,27,35)/p+1. The van der Waals surface area contributed by atoms with Gasteiger partial charge in [-0.2, -0.15) is 0 Å². The number of aromatic nitrogens is 2. The highest BCUT2D eigenvalue weighted by molar-refractivity contribution is 7.18. The molecule has 0 radical (unpaired) electrons. The number of carbonyl (C=O) groups is 1. The van der Waals surface area contributed by atoms with Crippen molar-refractivity contribution >= 4 is 50.3 Å². The maximum Gasteiger partial charge on any atom is 0.431 e. The molecule has 0 saturated heterocycles. The number of hydrogen-bond acceptors (Lipinski definition) is 10. The van der Waals surface area contributed by atoms with E-state index in [1.165, 1.54) is 18.3 Å². The van der Waals surface area contributed by atoms with Crippen molar-refractivity contribution in [2.24, 2.45) is 17.3 Å². The molecule has 0 aliphatic heterocycles. The van der Waals surface area contributed by atoms with Crippen molar-refractivity contribution in [1.82, 2.24) is 5.10 Å². The summed E-state index contributed by atoms with van der Waals surface area (Å²) in [6, 6.07) is 11.4. The van der Waals surface area contributed by atoms with Crippen molar-refractivity contribution in [3.8, 4) is 5.75 Å². The fraction of sp³-hybridized carbons (Fsp3) is 0.400. The summed E-state index contributed by atoms with van der Waals surface area (Å²) in [4.78, 5) is 13.7. The Bertz CT molecular complexity index is 1230. The van der Waals surface area contributed by atoms with Gasteiger partial charge in [-0.15, -0.1) is 4.68 Å². The van der Waals surface area contributed by atoms with E-state index in [2.05, 4.69) is 26.0 Å². The lowest BCUT2D eigenvalue weighted by Crippen LogP contribution is -2.38. The van der Waals surface area contributed by atoms with Crippen molar-refractivity contribution in [3.63, 3.8) is 0 Å². The molecule has 1 aromatic heterocycles. The molecule has 2 aromatic carbocycles. The zero-order valence-corrected chi connectivity index (χ0v) is 22.7. The third-order valence-corrected chi connectivity index (χ3v) is 6.19. The van der Waals surface area contributed by atoms with Gasteiger partial charge >= 0.3 is 5.13 Å². The van der Waals surface area contributed by atoms with Gasteiger partial charge in [-0.05, 0) is 55.4 Å². The van der Waals surface area contributed by atoms with Gasteiger partial charge in [0.15, 0.2) is 0 Å². The molecule has 0 saturated carbocycles. The Balaban J connectivity index is 1.95. The first-order chi connectivity index (χ1) is 17.5. The minimum absolute atomic E-state index is 0.250. The highest BCUT2D eigenvalue weighted by Gasteiger charge is 2.23. The fourth-order valence-electron chi connectivity index (χ4n) is 3.52. The van der Waals surface area contributed by atoms with Gasteiger partial charge in [-0.3, -0.25) is 4.79 Å². The van der Waals surface area contributed by atoms with Crippen LogP contribution in [-0.4, -0.2) is 53.6 Å².